The van der Waals surface area contributed by atoms with Crippen LogP contribution in [0.5, 0.6) is 0 Å². The fourth-order valence-corrected chi connectivity index (χ4v) is 2.22. The SMILES string of the molecule is O=C(OC(=O)N1CCNCC1)c1ccc2cc[nH]c2c1. The molecule has 3 rings (SSSR count). The Morgan fingerprint density at radius 1 is 1.15 bits per heavy atom. The van der Waals surface area contributed by atoms with Gasteiger partial charge < -0.3 is 19.9 Å². The van der Waals surface area contributed by atoms with Crippen LogP contribution in [-0.2, 0) is 4.74 Å². The van der Waals surface area contributed by atoms with E-state index in [9.17, 15) is 9.59 Å². The molecule has 0 radical (unpaired) electrons. The number of amides is 1. The molecule has 6 heteroatoms. The van der Waals surface area contributed by atoms with Crippen LogP contribution in [-0.4, -0.2) is 48.1 Å². The number of hydrogen-bond donors (Lipinski definition) is 2. The monoisotopic (exact) mass is 273 g/mol. The lowest BCUT2D eigenvalue weighted by molar-refractivity contribution is 0.0533. The van der Waals surface area contributed by atoms with Crippen molar-refractivity contribution in [3.05, 3.63) is 36.0 Å². The lowest BCUT2D eigenvalue weighted by atomic mass is 10.2. The predicted octanol–water partition coefficient (Wildman–Crippen LogP) is 1.35. The Hall–Kier alpha value is -2.34. The molecule has 0 spiro atoms. The van der Waals surface area contributed by atoms with E-state index in [0.29, 0.717) is 18.7 Å². The molecule has 1 aromatic carbocycles. The van der Waals surface area contributed by atoms with E-state index in [-0.39, 0.29) is 0 Å². The van der Waals surface area contributed by atoms with Crippen molar-refractivity contribution in [1.82, 2.24) is 15.2 Å². The summed E-state index contributed by atoms with van der Waals surface area (Å²) in [5, 5.41) is 4.14. The van der Waals surface area contributed by atoms with Crippen molar-refractivity contribution in [1.29, 1.82) is 0 Å². The van der Waals surface area contributed by atoms with Crippen LogP contribution < -0.4 is 5.32 Å². The van der Waals surface area contributed by atoms with Gasteiger partial charge in [0.05, 0.1) is 5.56 Å². The van der Waals surface area contributed by atoms with E-state index in [4.69, 9.17) is 4.74 Å². The van der Waals surface area contributed by atoms with Crippen LogP contribution in [0.2, 0.25) is 0 Å². The predicted molar refractivity (Wildman–Crippen MR) is 73.6 cm³/mol. The number of hydrogen-bond acceptors (Lipinski definition) is 4. The number of carbonyl (C=O) groups is 2. The van der Waals surface area contributed by atoms with Gasteiger partial charge in [0.25, 0.3) is 0 Å². The first-order chi connectivity index (χ1) is 9.74. The molecule has 2 aromatic rings. The fraction of sp³-hybridized carbons (Fsp3) is 0.286. The zero-order chi connectivity index (χ0) is 13.9. The number of fused-ring (bicyclic) bond motifs is 1. The number of ether oxygens (including phenoxy) is 1. The Kier molecular flexibility index (Phi) is 3.39. The molecular weight excluding hydrogens is 258 g/mol. The molecule has 20 heavy (non-hydrogen) atoms. The molecule has 2 N–H and O–H groups in total. The zero-order valence-electron chi connectivity index (χ0n) is 10.9. The van der Waals surface area contributed by atoms with Gasteiger partial charge in [-0.3, -0.25) is 0 Å². The number of piperazine rings is 1. The standard InChI is InChI=1S/C14H15N3O3/c18-13(20-14(19)17-7-5-15-6-8-17)11-2-1-10-3-4-16-12(10)9-11/h1-4,9,15-16H,5-8H2. The fourth-order valence-electron chi connectivity index (χ4n) is 2.22. The third-order valence-electron chi connectivity index (χ3n) is 3.35. The van der Waals surface area contributed by atoms with Crippen LogP contribution in [0.4, 0.5) is 4.79 Å². The van der Waals surface area contributed by atoms with Gasteiger partial charge in [-0.05, 0) is 23.6 Å². The molecular formula is C14H15N3O3. The maximum absolute atomic E-state index is 12.0. The van der Waals surface area contributed by atoms with E-state index in [1.54, 1.807) is 18.3 Å². The first-order valence-corrected chi connectivity index (χ1v) is 6.53. The minimum atomic E-state index is -0.620. The molecule has 1 aliphatic rings. The zero-order valence-corrected chi connectivity index (χ0v) is 10.9. The Morgan fingerprint density at radius 2 is 1.95 bits per heavy atom. The van der Waals surface area contributed by atoms with Gasteiger partial charge in [-0.15, -0.1) is 0 Å². The van der Waals surface area contributed by atoms with Crippen LogP contribution in [0, 0.1) is 0 Å². The molecule has 0 bridgehead atoms. The average molecular weight is 273 g/mol. The molecule has 6 nitrogen and oxygen atoms in total. The minimum Gasteiger partial charge on any atom is -0.372 e. The Bertz CT molecular complexity index is 644. The van der Waals surface area contributed by atoms with E-state index in [1.807, 2.05) is 12.1 Å². The van der Waals surface area contributed by atoms with Gasteiger partial charge >= 0.3 is 12.1 Å². The van der Waals surface area contributed by atoms with Gasteiger partial charge in [0, 0.05) is 37.9 Å². The van der Waals surface area contributed by atoms with Crippen LogP contribution in [0.3, 0.4) is 0 Å². The Labute approximate surface area is 115 Å². The summed E-state index contributed by atoms with van der Waals surface area (Å²) in [6.07, 6.45) is 1.22. The summed E-state index contributed by atoms with van der Waals surface area (Å²) in [5.74, 6) is -0.620. The number of H-pyrrole nitrogens is 1. The molecule has 0 saturated carbocycles. The molecule has 104 valence electrons. The second-order valence-corrected chi connectivity index (χ2v) is 4.67. The molecule has 0 aliphatic carbocycles. The van der Waals surface area contributed by atoms with Crippen molar-refractivity contribution in [3.63, 3.8) is 0 Å². The van der Waals surface area contributed by atoms with Gasteiger partial charge in [-0.1, -0.05) is 6.07 Å². The number of benzene rings is 1. The van der Waals surface area contributed by atoms with Crippen molar-refractivity contribution in [3.8, 4) is 0 Å². The number of nitrogens with one attached hydrogen (secondary N) is 2. The van der Waals surface area contributed by atoms with E-state index in [1.165, 1.54) is 4.90 Å². The maximum Gasteiger partial charge on any atom is 0.417 e. The van der Waals surface area contributed by atoms with Crippen LogP contribution >= 0.6 is 0 Å². The normalized spacial score (nSPS) is 15.3. The summed E-state index contributed by atoms with van der Waals surface area (Å²) < 4.78 is 4.91. The van der Waals surface area contributed by atoms with E-state index in [0.717, 1.165) is 24.0 Å². The average Bonchev–Trinajstić information content (AvgIpc) is 2.95. The summed E-state index contributed by atoms with van der Waals surface area (Å²) >= 11 is 0. The van der Waals surface area contributed by atoms with Crippen molar-refractivity contribution in [2.24, 2.45) is 0 Å². The number of aromatic amines is 1. The second-order valence-electron chi connectivity index (χ2n) is 4.67. The highest BCUT2D eigenvalue weighted by molar-refractivity contribution is 5.99. The number of carbonyl (C=O) groups excluding carboxylic acids is 2. The molecule has 1 aromatic heterocycles. The third-order valence-corrected chi connectivity index (χ3v) is 3.35. The lowest BCUT2D eigenvalue weighted by Crippen LogP contribution is -2.47. The van der Waals surface area contributed by atoms with Gasteiger partial charge in [0.15, 0.2) is 0 Å². The van der Waals surface area contributed by atoms with Crippen molar-refractivity contribution < 1.29 is 14.3 Å². The number of nitrogens with zero attached hydrogens (tertiary/aromatic N) is 1. The molecule has 1 saturated heterocycles. The summed E-state index contributed by atoms with van der Waals surface area (Å²) in [6, 6.07) is 7.07. The van der Waals surface area contributed by atoms with E-state index >= 15 is 0 Å². The van der Waals surface area contributed by atoms with Gasteiger partial charge in [0.2, 0.25) is 0 Å². The van der Waals surface area contributed by atoms with Gasteiger partial charge in [0.1, 0.15) is 0 Å². The summed E-state index contributed by atoms with van der Waals surface area (Å²) in [7, 11) is 0. The van der Waals surface area contributed by atoms with E-state index < -0.39 is 12.1 Å². The Morgan fingerprint density at radius 3 is 2.75 bits per heavy atom. The first-order valence-electron chi connectivity index (χ1n) is 6.53. The summed E-state index contributed by atoms with van der Waals surface area (Å²) in [4.78, 5) is 28.4. The maximum atomic E-state index is 12.0. The highest BCUT2D eigenvalue weighted by atomic mass is 16.6. The van der Waals surface area contributed by atoms with E-state index in [2.05, 4.69) is 10.3 Å². The molecule has 2 heterocycles. The quantitative estimate of drug-likeness (QED) is 0.607. The molecule has 1 aliphatic heterocycles. The molecule has 0 atom stereocenters. The summed E-state index contributed by atoms with van der Waals surface area (Å²) in [6.45, 7) is 2.55. The highest BCUT2D eigenvalue weighted by Gasteiger charge is 2.21. The van der Waals surface area contributed by atoms with Gasteiger partial charge in [-0.25, -0.2) is 9.59 Å². The lowest BCUT2D eigenvalue weighted by Gasteiger charge is -2.25. The van der Waals surface area contributed by atoms with Crippen molar-refractivity contribution in [2.75, 3.05) is 26.2 Å². The third kappa shape index (κ3) is 2.50. The Balaban J connectivity index is 1.70. The molecule has 1 fully saturated rings. The number of esters is 1. The largest absolute Gasteiger partial charge is 0.417 e. The summed E-state index contributed by atoms with van der Waals surface area (Å²) in [5.41, 5.74) is 1.21. The highest BCUT2D eigenvalue weighted by Crippen LogP contribution is 2.15. The molecule has 1 amide bonds. The van der Waals surface area contributed by atoms with Gasteiger partial charge in [-0.2, -0.15) is 0 Å². The van der Waals surface area contributed by atoms with Crippen molar-refractivity contribution >= 4 is 23.0 Å². The second kappa shape index (κ2) is 5.34. The topological polar surface area (TPSA) is 74.4 Å². The number of rotatable bonds is 1. The minimum absolute atomic E-state index is 0.364. The molecule has 0 unspecified atom stereocenters. The van der Waals surface area contributed by atoms with Crippen molar-refractivity contribution in [2.45, 2.75) is 0 Å². The van der Waals surface area contributed by atoms with Crippen LogP contribution in [0.1, 0.15) is 10.4 Å². The smallest absolute Gasteiger partial charge is 0.372 e. The van der Waals surface area contributed by atoms with Crippen LogP contribution in [0.25, 0.3) is 10.9 Å². The number of aromatic nitrogens is 1. The first kappa shape index (κ1) is 12.7. The van der Waals surface area contributed by atoms with Crippen LogP contribution in [0.15, 0.2) is 30.5 Å².